The average molecular weight is 172 g/mol. The summed E-state index contributed by atoms with van der Waals surface area (Å²) in [5, 5.41) is 0. The van der Waals surface area contributed by atoms with Crippen LogP contribution in [0.2, 0.25) is 0 Å². The Kier molecular flexibility index (Phi) is 8.51. The van der Waals surface area contributed by atoms with Crippen molar-refractivity contribution in [2.24, 2.45) is 0 Å². The van der Waals surface area contributed by atoms with Crippen LogP contribution in [0.25, 0.3) is 0 Å². The van der Waals surface area contributed by atoms with Gasteiger partial charge in [0.1, 0.15) is 6.79 Å². The Labute approximate surface area is 75.6 Å². The number of hydrogen-bond acceptors (Lipinski definition) is 2. The molecule has 2 heteroatoms. The van der Waals surface area contributed by atoms with Crippen LogP contribution in [-0.4, -0.2) is 19.5 Å². The molecule has 0 aromatic heterocycles. The molecule has 12 heavy (non-hydrogen) atoms. The molecule has 0 aliphatic carbocycles. The minimum absolute atomic E-state index is 0.260. The Morgan fingerprint density at radius 3 is 2.58 bits per heavy atom. The second kappa shape index (κ2) is 8.75. The summed E-state index contributed by atoms with van der Waals surface area (Å²) >= 11 is 0. The molecule has 0 spiro atoms. The van der Waals surface area contributed by atoms with E-state index in [1.807, 2.05) is 13.8 Å². The summed E-state index contributed by atoms with van der Waals surface area (Å²) in [5.74, 6) is 0. The van der Waals surface area contributed by atoms with Crippen LogP contribution in [0.1, 0.15) is 33.6 Å². The van der Waals surface area contributed by atoms with Crippen LogP contribution in [-0.2, 0) is 9.47 Å². The highest BCUT2D eigenvalue weighted by Crippen LogP contribution is 1.91. The largest absolute Gasteiger partial charge is 0.355 e. The molecular formula is C10H20O2. The normalized spacial score (nSPS) is 11.7. The van der Waals surface area contributed by atoms with Crippen molar-refractivity contribution in [2.45, 2.75) is 39.7 Å². The molecule has 0 heterocycles. The summed E-state index contributed by atoms with van der Waals surface area (Å²) in [7, 11) is 0. The summed E-state index contributed by atoms with van der Waals surface area (Å²) in [5.41, 5.74) is 0. The predicted octanol–water partition coefficient (Wildman–Crippen LogP) is 2.74. The third-order valence-electron chi connectivity index (χ3n) is 1.32. The van der Waals surface area contributed by atoms with E-state index in [0.29, 0.717) is 6.79 Å². The van der Waals surface area contributed by atoms with E-state index in [-0.39, 0.29) is 6.10 Å². The van der Waals surface area contributed by atoms with Gasteiger partial charge in [-0.05, 0) is 26.7 Å². The van der Waals surface area contributed by atoms with Crippen LogP contribution in [0.3, 0.4) is 0 Å². The lowest BCUT2D eigenvalue weighted by Gasteiger charge is -2.06. The van der Waals surface area contributed by atoms with Crippen molar-refractivity contribution in [1.82, 2.24) is 0 Å². The molecule has 0 rings (SSSR count). The molecule has 0 saturated heterocycles. The number of allylic oxidation sites excluding steroid dienone is 1. The molecule has 72 valence electrons. The zero-order chi connectivity index (χ0) is 9.23. The smallest absolute Gasteiger partial charge is 0.147 e. The van der Waals surface area contributed by atoms with E-state index in [2.05, 4.69) is 19.1 Å². The summed E-state index contributed by atoms with van der Waals surface area (Å²) in [6.45, 7) is 7.29. The molecule has 0 radical (unpaired) electrons. The van der Waals surface area contributed by atoms with Crippen LogP contribution in [0.4, 0.5) is 0 Å². The first-order chi connectivity index (χ1) is 5.77. The van der Waals surface area contributed by atoms with Crippen molar-refractivity contribution >= 4 is 0 Å². The number of hydrogen-bond donors (Lipinski definition) is 0. The highest BCUT2D eigenvalue weighted by molar-refractivity contribution is 4.79. The van der Waals surface area contributed by atoms with Crippen molar-refractivity contribution < 1.29 is 9.47 Å². The van der Waals surface area contributed by atoms with Gasteiger partial charge in [0, 0.05) is 0 Å². The van der Waals surface area contributed by atoms with Gasteiger partial charge in [-0.15, -0.1) is 0 Å². The molecule has 0 amide bonds. The number of rotatable bonds is 7. The fraction of sp³-hybridized carbons (Fsp3) is 0.800. The fourth-order valence-corrected chi connectivity index (χ4v) is 0.679. The summed E-state index contributed by atoms with van der Waals surface area (Å²) < 4.78 is 10.4. The molecule has 0 aliphatic heterocycles. The molecule has 0 N–H and O–H groups in total. The van der Waals surface area contributed by atoms with Crippen LogP contribution >= 0.6 is 0 Å². The van der Waals surface area contributed by atoms with Gasteiger partial charge < -0.3 is 9.47 Å². The van der Waals surface area contributed by atoms with E-state index in [1.54, 1.807) is 0 Å². The third kappa shape index (κ3) is 9.66. The van der Waals surface area contributed by atoms with Crippen LogP contribution in [0.5, 0.6) is 0 Å². The lowest BCUT2D eigenvalue weighted by Crippen LogP contribution is -2.07. The van der Waals surface area contributed by atoms with Crippen LogP contribution < -0.4 is 0 Å². The van der Waals surface area contributed by atoms with E-state index in [9.17, 15) is 0 Å². The van der Waals surface area contributed by atoms with Gasteiger partial charge >= 0.3 is 0 Å². The minimum atomic E-state index is 0.260. The van der Waals surface area contributed by atoms with Gasteiger partial charge in [-0.2, -0.15) is 0 Å². The predicted molar refractivity (Wildman–Crippen MR) is 51.1 cm³/mol. The Hall–Kier alpha value is -0.340. The summed E-state index contributed by atoms with van der Waals surface area (Å²) in [6.07, 6.45) is 6.62. The van der Waals surface area contributed by atoms with Crippen molar-refractivity contribution in [3.05, 3.63) is 12.2 Å². The zero-order valence-electron chi connectivity index (χ0n) is 8.38. The Bertz CT molecular complexity index is 108. The van der Waals surface area contributed by atoms with Gasteiger partial charge in [0.25, 0.3) is 0 Å². The topological polar surface area (TPSA) is 18.5 Å². The first-order valence-electron chi connectivity index (χ1n) is 4.61. The van der Waals surface area contributed by atoms with Gasteiger partial charge in [0.15, 0.2) is 0 Å². The van der Waals surface area contributed by atoms with Gasteiger partial charge in [-0.25, -0.2) is 0 Å². The lowest BCUT2D eigenvalue weighted by atomic mass is 10.3. The highest BCUT2D eigenvalue weighted by atomic mass is 16.7. The average Bonchev–Trinajstić information content (AvgIpc) is 2.02. The molecule has 0 saturated carbocycles. The van der Waals surface area contributed by atoms with Gasteiger partial charge in [0.2, 0.25) is 0 Å². The van der Waals surface area contributed by atoms with E-state index >= 15 is 0 Å². The molecular weight excluding hydrogens is 152 g/mol. The van der Waals surface area contributed by atoms with Crippen LogP contribution in [0, 0.1) is 0 Å². The Morgan fingerprint density at radius 1 is 1.25 bits per heavy atom. The first kappa shape index (κ1) is 11.7. The standard InChI is InChI=1S/C10H20O2/c1-4-5-6-7-8-11-9-12-10(2)3/h5-6,10H,4,7-9H2,1-3H3/b6-5-. The second-order valence-electron chi connectivity index (χ2n) is 2.91. The zero-order valence-corrected chi connectivity index (χ0v) is 8.38. The molecule has 0 unspecified atom stereocenters. The van der Waals surface area contributed by atoms with Gasteiger partial charge in [-0.3, -0.25) is 0 Å². The minimum Gasteiger partial charge on any atom is -0.355 e. The SMILES string of the molecule is CC/C=C\CCOCOC(C)C. The monoisotopic (exact) mass is 172 g/mol. The van der Waals surface area contributed by atoms with E-state index in [1.165, 1.54) is 0 Å². The Morgan fingerprint density at radius 2 is 2.00 bits per heavy atom. The van der Waals surface area contributed by atoms with Gasteiger partial charge in [0.05, 0.1) is 12.7 Å². The summed E-state index contributed by atoms with van der Waals surface area (Å²) in [4.78, 5) is 0. The maximum Gasteiger partial charge on any atom is 0.147 e. The number of ether oxygens (including phenoxy) is 2. The first-order valence-corrected chi connectivity index (χ1v) is 4.61. The summed E-state index contributed by atoms with van der Waals surface area (Å²) in [6, 6.07) is 0. The van der Waals surface area contributed by atoms with E-state index in [4.69, 9.17) is 9.47 Å². The molecule has 2 nitrogen and oxygen atoms in total. The van der Waals surface area contributed by atoms with E-state index < -0.39 is 0 Å². The molecule has 0 aliphatic rings. The third-order valence-corrected chi connectivity index (χ3v) is 1.32. The molecule has 0 aromatic carbocycles. The van der Waals surface area contributed by atoms with Crippen molar-refractivity contribution in [3.8, 4) is 0 Å². The molecule has 0 bridgehead atoms. The van der Waals surface area contributed by atoms with Crippen LogP contribution in [0.15, 0.2) is 12.2 Å². The van der Waals surface area contributed by atoms with Crippen molar-refractivity contribution in [3.63, 3.8) is 0 Å². The lowest BCUT2D eigenvalue weighted by molar-refractivity contribution is -0.0770. The molecule has 0 atom stereocenters. The van der Waals surface area contributed by atoms with Crippen molar-refractivity contribution in [1.29, 1.82) is 0 Å². The van der Waals surface area contributed by atoms with Crippen molar-refractivity contribution in [2.75, 3.05) is 13.4 Å². The Balaban J connectivity index is 2.96. The van der Waals surface area contributed by atoms with Gasteiger partial charge in [-0.1, -0.05) is 19.1 Å². The quantitative estimate of drug-likeness (QED) is 0.334. The molecule has 0 aromatic rings. The molecule has 0 fully saturated rings. The fourth-order valence-electron chi connectivity index (χ4n) is 0.679. The highest BCUT2D eigenvalue weighted by Gasteiger charge is 1.90. The maximum absolute atomic E-state index is 5.22. The maximum atomic E-state index is 5.22. The second-order valence-corrected chi connectivity index (χ2v) is 2.91. The van der Waals surface area contributed by atoms with E-state index in [0.717, 1.165) is 19.4 Å².